The standard InChI is InChI=1S/C20H21BrF3N7O3/c1-2-3-4-10-29-15-14(26-18(21)27-15)16(32)30-13(8-7-12-6-5-9-25-11-12)28-31(19(29)30)34-17(33)20(22,23)24/h5-6,9,11,19H,2-4,7-8,10H2,1H3,(H,26,27). The van der Waals surface area contributed by atoms with Crippen LogP contribution in [0.25, 0.3) is 0 Å². The fraction of sp³-hybridized carbons (Fsp3) is 0.450. The molecular formula is C20H21BrF3N7O3. The number of fused-ring (bicyclic) bond motifs is 2. The molecule has 2 aromatic rings. The van der Waals surface area contributed by atoms with Gasteiger partial charge in [0, 0.05) is 25.4 Å². The van der Waals surface area contributed by atoms with Crippen LogP contribution in [-0.2, 0) is 16.1 Å². The van der Waals surface area contributed by atoms with E-state index in [0.717, 1.165) is 18.4 Å². The molecule has 0 radical (unpaired) electrons. The predicted octanol–water partition coefficient (Wildman–Crippen LogP) is 3.59. The number of hydroxylamine groups is 1. The van der Waals surface area contributed by atoms with Crippen molar-refractivity contribution in [2.75, 3.05) is 11.4 Å². The first kappa shape index (κ1) is 24.0. The number of aromatic nitrogens is 3. The van der Waals surface area contributed by atoms with Crippen molar-refractivity contribution in [3.63, 3.8) is 0 Å². The quantitative estimate of drug-likeness (QED) is 0.507. The van der Waals surface area contributed by atoms with Gasteiger partial charge in [-0.05, 0) is 40.4 Å². The number of carbonyl (C=O) groups is 2. The summed E-state index contributed by atoms with van der Waals surface area (Å²) < 4.78 is 39.2. The van der Waals surface area contributed by atoms with E-state index in [2.05, 4.69) is 40.8 Å². The number of nitrogens with one attached hydrogen (secondary N) is 1. The second-order valence-corrected chi connectivity index (χ2v) is 8.46. The highest BCUT2D eigenvalue weighted by Gasteiger charge is 2.52. The molecule has 1 N–H and O–H groups in total. The molecule has 1 unspecified atom stereocenters. The van der Waals surface area contributed by atoms with Gasteiger partial charge in [-0.25, -0.2) is 14.7 Å². The molecule has 1 amide bonds. The SMILES string of the molecule is CCCCCN1c2nc(Br)[nH]c2C(=O)N2C(CCc3cccnc3)=NN(OC(=O)C(F)(F)F)C21. The molecule has 0 aliphatic carbocycles. The van der Waals surface area contributed by atoms with Crippen LogP contribution in [0, 0.1) is 0 Å². The van der Waals surface area contributed by atoms with Crippen LogP contribution in [0.4, 0.5) is 19.0 Å². The fourth-order valence-electron chi connectivity index (χ4n) is 3.78. The Balaban J connectivity index is 1.70. The van der Waals surface area contributed by atoms with Gasteiger partial charge in [0.25, 0.3) is 5.91 Å². The molecule has 2 aliphatic heterocycles. The summed E-state index contributed by atoms with van der Waals surface area (Å²) in [4.78, 5) is 43.7. The number of hydrogen-bond acceptors (Lipinski definition) is 8. The van der Waals surface area contributed by atoms with Gasteiger partial charge in [-0.2, -0.15) is 13.2 Å². The molecule has 0 saturated heterocycles. The number of pyridine rings is 1. The molecule has 34 heavy (non-hydrogen) atoms. The molecule has 2 aromatic heterocycles. The third-order valence-electron chi connectivity index (χ3n) is 5.33. The number of H-pyrrole nitrogens is 1. The van der Waals surface area contributed by atoms with E-state index in [0.29, 0.717) is 29.3 Å². The lowest BCUT2D eigenvalue weighted by Crippen LogP contribution is -2.60. The molecule has 4 rings (SSSR count). The molecule has 10 nitrogen and oxygen atoms in total. The summed E-state index contributed by atoms with van der Waals surface area (Å²) in [6.45, 7) is 2.35. The number of aromatic amines is 1. The van der Waals surface area contributed by atoms with E-state index < -0.39 is 24.3 Å². The Kier molecular flexibility index (Phi) is 6.77. The molecule has 14 heteroatoms. The lowest BCUT2D eigenvalue weighted by Gasteiger charge is -2.41. The minimum absolute atomic E-state index is 0.158. The molecule has 0 fully saturated rings. The Hall–Kier alpha value is -3.16. The number of anilines is 1. The van der Waals surface area contributed by atoms with Gasteiger partial charge in [-0.3, -0.25) is 9.78 Å². The number of halogens is 4. The van der Waals surface area contributed by atoms with Crippen LogP contribution in [-0.4, -0.2) is 61.7 Å². The zero-order chi connectivity index (χ0) is 24.5. The van der Waals surface area contributed by atoms with Gasteiger partial charge in [0.2, 0.25) is 6.29 Å². The maximum absolute atomic E-state index is 13.4. The van der Waals surface area contributed by atoms with Crippen molar-refractivity contribution in [2.24, 2.45) is 5.10 Å². The third-order valence-corrected chi connectivity index (χ3v) is 5.71. The van der Waals surface area contributed by atoms with Gasteiger partial charge in [0.1, 0.15) is 11.5 Å². The van der Waals surface area contributed by atoms with Crippen molar-refractivity contribution >= 4 is 39.5 Å². The lowest BCUT2D eigenvalue weighted by molar-refractivity contribution is -0.249. The van der Waals surface area contributed by atoms with Gasteiger partial charge >= 0.3 is 12.1 Å². The highest BCUT2D eigenvalue weighted by atomic mass is 79.9. The fourth-order valence-corrected chi connectivity index (χ4v) is 4.15. The van der Waals surface area contributed by atoms with Gasteiger partial charge in [-0.1, -0.05) is 31.0 Å². The van der Waals surface area contributed by atoms with Crippen molar-refractivity contribution in [1.82, 2.24) is 25.0 Å². The van der Waals surface area contributed by atoms with Crippen molar-refractivity contribution in [2.45, 2.75) is 51.5 Å². The molecule has 0 spiro atoms. The summed E-state index contributed by atoms with van der Waals surface area (Å²) in [5.41, 5.74) is 1.01. The van der Waals surface area contributed by atoms with E-state index in [4.69, 9.17) is 0 Å². The Morgan fingerprint density at radius 1 is 1.29 bits per heavy atom. The van der Waals surface area contributed by atoms with Crippen molar-refractivity contribution in [1.29, 1.82) is 0 Å². The van der Waals surface area contributed by atoms with E-state index in [1.165, 1.54) is 4.90 Å². The summed E-state index contributed by atoms with van der Waals surface area (Å²) in [6.07, 6.45) is -0.176. The Morgan fingerprint density at radius 3 is 2.76 bits per heavy atom. The molecule has 0 aromatic carbocycles. The number of nitrogens with zero attached hydrogens (tertiary/aromatic N) is 6. The molecule has 2 aliphatic rings. The van der Waals surface area contributed by atoms with Crippen LogP contribution in [0.3, 0.4) is 0 Å². The highest BCUT2D eigenvalue weighted by Crippen LogP contribution is 2.37. The van der Waals surface area contributed by atoms with Gasteiger partial charge in [0.05, 0.1) is 0 Å². The number of hydrazone groups is 1. The zero-order valence-corrected chi connectivity index (χ0v) is 19.6. The maximum atomic E-state index is 13.4. The van der Waals surface area contributed by atoms with E-state index >= 15 is 0 Å². The van der Waals surface area contributed by atoms with E-state index in [9.17, 15) is 22.8 Å². The summed E-state index contributed by atoms with van der Waals surface area (Å²) >= 11 is 3.22. The first-order valence-electron chi connectivity index (χ1n) is 10.6. The molecule has 1 atom stereocenters. The number of rotatable bonds is 8. The smallest absolute Gasteiger partial charge is 0.327 e. The number of unbranched alkanes of at least 4 members (excludes halogenated alkanes) is 2. The topological polar surface area (TPSA) is 107 Å². The Morgan fingerprint density at radius 2 is 2.09 bits per heavy atom. The zero-order valence-electron chi connectivity index (χ0n) is 18.0. The number of amidine groups is 1. The van der Waals surface area contributed by atoms with Crippen molar-refractivity contribution < 1.29 is 27.6 Å². The van der Waals surface area contributed by atoms with Crippen LogP contribution in [0.15, 0.2) is 34.4 Å². The van der Waals surface area contributed by atoms with Crippen LogP contribution in [0.1, 0.15) is 48.7 Å². The number of aryl methyl sites for hydroxylation is 1. The highest BCUT2D eigenvalue weighted by molar-refractivity contribution is 9.10. The summed E-state index contributed by atoms with van der Waals surface area (Å²) in [7, 11) is 0. The molecular weight excluding hydrogens is 523 g/mol. The minimum atomic E-state index is -5.23. The van der Waals surface area contributed by atoms with Gasteiger partial charge in [-0.15, -0.1) is 5.10 Å². The van der Waals surface area contributed by atoms with Gasteiger partial charge in [0.15, 0.2) is 10.6 Å². The summed E-state index contributed by atoms with van der Waals surface area (Å²) in [5, 5.41) is 4.66. The van der Waals surface area contributed by atoms with Crippen molar-refractivity contribution in [3.05, 3.63) is 40.5 Å². The number of hydrogen-bond donors (Lipinski definition) is 1. The van der Waals surface area contributed by atoms with Gasteiger partial charge < -0.3 is 14.7 Å². The van der Waals surface area contributed by atoms with Crippen LogP contribution >= 0.6 is 15.9 Å². The van der Waals surface area contributed by atoms with E-state index in [1.807, 2.05) is 13.0 Å². The predicted molar refractivity (Wildman–Crippen MR) is 117 cm³/mol. The first-order chi connectivity index (χ1) is 16.2. The van der Waals surface area contributed by atoms with E-state index in [-0.39, 0.29) is 23.8 Å². The number of imidazole rings is 1. The normalized spacial score (nSPS) is 17.6. The molecule has 4 heterocycles. The third kappa shape index (κ3) is 4.72. The molecule has 182 valence electrons. The Labute approximate surface area is 200 Å². The second kappa shape index (κ2) is 9.60. The molecule has 0 bridgehead atoms. The second-order valence-electron chi connectivity index (χ2n) is 7.70. The monoisotopic (exact) mass is 543 g/mol. The first-order valence-corrected chi connectivity index (χ1v) is 11.4. The molecule has 0 saturated carbocycles. The average Bonchev–Trinajstić information content (AvgIpc) is 3.36. The summed E-state index contributed by atoms with van der Waals surface area (Å²) in [5.74, 6) is -2.57. The minimum Gasteiger partial charge on any atom is -0.327 e. The summed E-state index contributed by atoms with van der Waals surface area (Å²) in [6, 6.07) is 3.59. The maximum Gasteiger partial charge on any atom is 0.493 e. The Bertz CT molecular complexity index is 1090. The largest absolute Gasteiger partial charge is 0.493 e. The number of carbonyl (C=O) groups excluding carboxylic acids is 2. The average molecular weight is 544 g/mol. The van der Waals surface area contributed by atoms with Crippen LogP contribution < -0.4 is 4.90 Å². The van der Waals surface area contributed by atoms with Crippen LogP contribution in [0.2, 0.25) is 0 Å². The number of amides is 1. The van der Waals surface area contributed by atoms with Crippen LogP contribution in [0.5, 0.6) is 0 Å². The van der Waals surface area contributed by atoms with E-state index in [1.54, 1.807) is 23.4 Å². The van der Waals surface area contributed by atoms with Crippen molar-refractivity contribution in [3.8, 4) is 0 Å². The number of alkyl halides is 3. The lowest BCUT2D eigenvalue weighted by atomic mass is 10.1.